The van der Waals surface area contributed by atoms with Crippen LogP contribution in [-0.4, -0.2) is 22.2 Å². The Morgan fingerprint density at radius 1 is 1.50 bits per heavy atom. The van der Waals surface area contributed by atoms with Gasteiger partial charge in [0.2, 0.25) is 0 Å². The van der Waals surface area contributed by atoms with Crippen molar-refractivity contribution in [2.45, 2.75) is 31.7 Å². The third kappa shape index (κ3) is 1.46. The van der Waals surface area contributed by atoms with Crippen LogP contribution in [0.2, 0.25) is 0 Å². The third-order valence-corrected chi connectivity index (χ3v) is 1.86. The highest BCUT2D eigenvalue weighted by Crippen LogP contribution is 2.14. The van der Waals surface area contributed by atoms with Gasteiger partial charge in [0.25, 0.3) is 0 Å². The largest absolute Gasteiger partial charge is 0.411 e. The third-order valence-electron chi connectivity index (χ3n) is 1.86. The average Bonchev–Trinajstić information content (AvgIpc) is 2.04. The monoisotopic (exact) mass is 144 g/mol. The summed E-state index contributed by atoms with van der Waals surface area (Å²) in [5, 5.41) is 20.1. The van der Waals surface area contributed by atoms with Crippen molar-refractivity contribution >= 4 is 5.71 Å². The van der Waals surface area contributed by atoms with Gasteiger partial charge in [0.05, 0.1) is 11.8 Å². The molecule has 0 saturated heterocycles. The summed E-state index contributed by atoms with van der Waals surface area (Å²) in [5.41, 5.74) is 2.78. The van der Waals surface area contributed by atoms with E-state index >= 15 is 0 Å². The van der Waals surface area contributed by atoms with Gasteiger partial charge >= 0.3 is 0 Å². The topological polar surface area (TPSA) is 64.9 Å². The van der Waals surface area contributed by atoms with Crippen molar-refractivity contribution in [2.75, 3.05) is 0 Å². The first kappa shape index (κ1) is 7.50. The maximum absolute atomic E-state index is 8.55. The van der Waals surface area contributed by atoms with Gasteiger partial charge in [-0.3, -0.25) is 0 Å². The minimum atomic E-state index is -0.126. The second kappa shape index (κ2) is 3.53. The molecule has 0 aromatic carbocycles. The first-order valence-electron chi connectivity index (χ1n) is 3.49. The van der Waals surface area contributed by atoms with Gasteiger partial charge in [0, 0.05) is 0 Å². The van der Waals surface area contributed by atoms with Gasteiger partial charge in [-0.15, -0.1) is 0 Å². The Morgan fingerprint density at radius 2 is 2.30 bits per heavy atom. The zero-order chi connectivity index (χ0) is 7.40. The molecule has 58 valence electrons. The molecule has 0 aromatic rings. The van der Waals surface area contributed by atoms with Crippen LogP contribution in [0.1, 0.15) is 25.7 Å². The Bertz CT molecular complexity index is 136. The highest BCUT2D eigenvalue weighted by atomic mass is 16.5. The minimum absolute atomic E-state index is 0.126. The maximum atomic E-state index is 8.55. The average molecular weight is 144 g/mol. The predicted octanol–water partition coefficient (Wildman–Crippen LogP) is 0.738. The van der Waals surface area contributed by atoms with E-state index in [0.717, 1.165) is 25.7 Å². The Balaban J connectivity index is 2.50. The Labute approximate surface area is 59.5 Å². The molecular weight excluding hydrogens is 132 g/mol. The lowest BCUT2D eigenvalue weighted by molar-refractivity contribution is 0.139. The summed E-state index contributed by atoms with van der Waals surface area (Å²) in [7, 11) is 0. The molecule has 1 aliphatic carbocycles. The summed E-state index contributed by atoms with van der Waals surface area (Å²) >= 11 is 0. The van der Waals surface area contributed by atoms with Gasteiger partial charge < -0.3 is 10.4 Å². The molecule has 4 nitrogen and oxygen atoms in total. The Hall–Kier alpha value is -0.610. The molecule has 4 heteroatoms. The van der Waals surface area contributed by atoms with E-state index < -0.39 is 0 Å². The van der Waals surface area contributed by atoms with Gasteiger partial charge in [-0.2, -0.15) is 5.48 Å². The van der Waals surface area contributed by atoms with Crippen molar-refractivity contribution in [3.8, 4) is 0 Å². The van der Waals surface area contributed by atoms with E-state index in [1.54, 1.807) is 0 Å². The number of oxime groups is 1. The lowest BCUT2D eigenvalue weighted by Gasteiger charge is -2.20. The molecule has 0 heterocycles. The van der Waals surface area contributed by atoms with Gasteiger partial charge in [-0.05, 0) is 19.3 Å². The smallest absolute Gasteiger partial charge is 0.0763 e. The first-order chi connectivity index (χ1) is 4.88. The number of nitrogens with one attached hydrogen (secondary N) is 1. The van der Waals surface area contributed by atoms with E-state index in [-0.39, 0.29) is 6.04 Å². The SMILES string of the molecule is O/N=C1/CCCCC1NO. The van der Waals surface area contributed by atoms with Crippen LogP contribution in [0.25, 0.3) is 0 Å². The molecule has 0 spiro atoms. The van der Waals surface area contributed by atoms with E-state index in [0.29, 0.717) is 5.71 Å². The van der Waals surface area contributed by atoms with Crippen molar-refractivity contribution in [1.29, 1.82) is 0 Å². The molecule has 3 N–H and O–H groups in total. The van der Waals surface area contributed by atoms with Gasteiger partial charge in [-0.25, -0.2) is 0 Å². The zero-order valence-electron chi connectivity index (χ0n) is 5.75. The number of hydrogen-bond donors (Lipinski definition) is 3. The van der Waals surface area contributed by atoms with Crippen molar-refractivity contribution in [1.82, 2.24) is 5.48 Å². The molecule has 1 fully saturated rings. The van der Waals surface area contributed by atoms with Crippen molar-refractivity contribution in [2.24, 2.45) is 5.16 Å². The molecule has 0 radical (unpaired) electrons. The number of nitrogens with zero attached hydrogens (tertiary/aromatic N) is 1. The minimum Gasteiger partial charge on any atom is -0.411 e. The molecule has 1 rings (SSSR count). The molecule has 10 heavy (non-hydrogen) atoms. The van der Waals surface area contributed by atoms with Crippen LogP contribution in [0.4, 0.5) is 0 Å². The predicted molar refractivity (Wildman–Crippen MR) is 36.4 cm³/mol. The Kier molecular flexibility index (Phi) is 2.65. The van der Waals surface area contributed by atoms with Crippen molar-refractivity contribution in [3.63, 3.8) is 0 Å². The summed E-state index contributed by atoms with van der Waals surface area (Å²) in [6.07, 6.45) is 3.78. The van der Waals surface area contributed by atoms with Crippen molar-refractivity contribution < 1.29 is 10.4 Å². The summed E-state index contributed by atoms with van der Waals surface area (Å²) in [6, 6.07) is -0.126. The quantitative estimate of drug-likeness (QED) is 0.375. The lowest BCUT2D eigenvalue weighted by atomic mass is 9.94. The van der Waals surface area contributed by atoms with Crippen LogP contribution in [-0.2, 0) is 0 Å². The number of rotatable bonds is 1. The van der Waals surface area contributed by atoms with Crippen LogP contribution in [0.15, 0.2) is 5.16 Å². The number of hydrogen-bond acceptors (Lipinski definition) is 4. The van der Waals surface area contributed by atoms with E-state index in [1.165, 1.54) is 0 Å². The molecule has 1 aliphatic rings. The second-order valence-corrected chi connectivity index (χ2v) is 2.52. The fourth-order valence-electron chi connectivity index (χ4n) is 1.25. The standard InChI is InChI=1S/C6H12N2O2/c9-7-5-3-1-2-4-6(5)8-10/h5,7,9-10H,1-4H2/b8-6-. The molecule has 1 atom stereocenters. The molecule has 1 unspecified atom stereocenters. The van der Waals surface area contributed by atoms with E-state index in [1.807, 2.05) is 0 Å². The lowest BCUT2D eigenvalue weighted by Crippen LogP contribution is -2.36. The van der Waals surface area contributed by atoms with E-state index in [2.05, 4.69) is 10.6 Å². The normalized spacial score (nSPS) is 30.9. The molecule has 0 bridgehead atoms. The fourth-order valence-corrected chi connectivity index (χ4v) is 1.25. The van der Waals surface area contributed by atoms with Crippen LogP contribution in [0, 0.1) is 0 Å². The fraction of sp³-hybridized carbons (Fsp3) is 0.833. The Morgan fingerprint density at radius 3 is 2.80 bits per heavy atom. The highest BCUT2D eigenvalue weighted by Gasteiger charge is 2.19. The summed E-state index contributed by atoms with van der Waals surface area (Å²) in [5.74, 6) is 0. The van der Waals surface area contributed by atoms with E-state index in [4.69, 9.17) is 10.4 Å². The number of hydroxylamine groups is 1. The van der Waals surface area contributed by atoms with Crippen molar-refractivity contribution in [3.05, 3.63) is 0 Å². The van der Waals surface area contributed by atoms with Gasteiger partial charge in [-0.1, -0.05) is 11.6 Å². The van der Waals surface area contributed by atoms with Crippen LogP contribution < -0.4 is 5.48 Å². The van der Waals surface area contributed by atoms with Gasteiger partial charge in [0.15, 0.2) is 0 Å². The zero-order valence-corrected chi connectivity index (χ0v) is 5.75. The summed E-state index contributed by atoms with van der Waals surface area (Å²) < 4.78 is 0. The van der Waals surface area contributed by atoms with Gasteiger partial charge in [0.1, 0.15) is 0 Å². The summed E-state index contributed by atoms with van der Waals surface area (Å²) in [6.45, 7) is 0. The second-order valence-electron chi connectivity index (χ2n) is 2.52. The van der Waals surface area contributed by atoms with Crippen LogP contribution in [0.3, 0.4) is 0 Å². The van der Waals surface area contributed by atoms with Crippen LogP contribution in [0.5, 0.6) is 0 Å². The van der Waals surface area contributed by atoms with E-state index in [9.17, 15) is 0 Å². The molecule has 0 amide bonds. The first-order valence-corrected chi connectivity index (χ1v) is 3.49. The maximum Gasteiger partial charge on any atom is 0.0763 e. The highest BCUT2D eigenvalue weighted by molar-refractivity contribution is 5.89. The molecular formula is C6H12N2O2. The summed E-state index contributed by atoms with van der Waals surface area (Å²) in [4.78, 5) is 0. The molecule has 0 aliphatic heterocycles. The molecule has 0 aromatic heterocycles. The molecule has 1 saturated carbocycles. The van der Waals surface area contributed by atoms with Crippen LogP contribution >= 0.6 is 0 Å².